The number of piperidine rings is 1. The standard InChI is InChI=1S/C15H17BrN4O/c16-12-7-11(8-17)14(18-9-12)20-5-3-10(4-6-20)15(21)19-13-1-2-13/h7,9-10,13H,1-6H2,(H,19,21). The highest BCUT2D eigenvalue weighted by Crippen LogP contribution is 2.27. The topological polar surface area (TPSA) is 69.0 Å². The predicted molar refractivity (Wildman–Crippen MR) is 82.8 cm³/mol. The Balaban J connectivity index is 1.63. The van der Waals surface area contributed by atoms with Gasteiger partial charge in [-0.05, 0) is 47.7 Å². The Bertz CT molecular complexity index is 586. The summed E-state index contributed by atoms with van der Waals surface area (Å²) in [6, 6.07) is 4.40. The zero-order valence-electron chi connectivity index (χ0n) is 11.7. The van der Waals surface area contributed by atoms with Gasteiger partial charge in [0.05, 0.1) is 5.56 Å². The minimum atomic E-state index is 0.0998. The Hall–Kier alpha value is -1.61. The summed E-state index contributed by atoms with van der Waals surface area (Å²) in [5, 5.41) is 12.3. The van der Waals surface area contributed by atoms with Crippen LogP contribution < -0.4 is 10.2 Å². The number of nitrogens with zero attached hydrogens (tertiary/aromatic N) is 3. The molecule has 1 saturated heterocycles. The second kappa shape index (κ2) is 6.02. The molecule has 0 radical (unpaired) electrons. The van der Waals surface area contributed by atoms with Gasteiger partial charge in [0.15, 0.2) is 0 Å². The van der Waals surface area contributed by atoms with Crippen LogP contribution in [-0.2, 0) is 4.79 Å². The van der Waals surface area contributed by atoms with E-state index in [1.807, 2.05) is 0 Å². The van der Waals surface area contributed by atoms with Crippen LogP contribution in [0, 0.1) is 17.2 Å². The Morgan fingerprint density at radius 2 is 2.10 bits per heavy atom. The van der Waals surface area contributed by atoms with Crippen LogP contribution in [0.25, 0.3) is 0 Å². The second-order valence-corrected chi connectivity index (χ2v) is 6.60. The van der Waals surface area contributed by atoms with E-state index in [1.54, 1.807) is 12.3 Å². The molecule has 21 heavy (non-hydrogen) atoms. The van der Waals surface area contributed by atoms with E-state index in [1.165, 1.54) is 0 Å². The Labute approximate surface area is 132 Å². The number of amides is 1. The molecule has 2 fully saturated rings. The summed E-state index contributed by atoms with van der Waals surface area (Å²) in [6.45, 7) is 1.54. The van der Waals surface area contributed by atoms with Gasteiger partial charge in [-0.1, -0.05) is 0 Å². The van der Waals surface area contributed by atoms with E-state index in [2.05, 4.69) is 37.2 Å². The molecule has 0 aromatic carbocycles. The normalized spacial score (nSPS) is 19.1. The van der Waals surface area contributed by atoms with Gasteiger partial charge in [0.1, 0.15) is 11.9 Å². The number of hydrogen-bond acceptors (Lipinski definition) is 4. The predicted octanol–water partition coefficient (Wildman–Crippen LogP) is 2.21. The van der Waals surface area contributed by atoms with Gasteiger partial charge < -0.3 is 10.2 Å². The first-order valence-electron chi connectivity index (χ1n) is 7.28. The maximum absolute atomic E-state index is 12.1. The lowest BCUT2D eigenvalue weighted by molar-refractivity contribution is -0.125. The van der Waals surface area contributed by atoms with Gasteiger partial charge in [-0.3, -0.25) is 4.79 Å². The summed E-state index contributed by atoms with van der Waals surface area (Å²) >= 11 is 3.33. The van der Waals surface area contributed by atoms with Crippen LogP contribution in [0.3, 0.4) is 0 Å². The fourth-order valence-corrected chi connectivity index (χ4v) is 3.00. The number of pyridine rings is 1. The zero-order valence-corrected chi connectivity index (χ0v) is 13.3. The van der Waals surface area contributed by atoms with Crippen molar-refractivity contribution < 1.29 is 4.79 Å². The highest BCUT2D eigenvalue weighted by atomic mass is 79.9. The van der Waals surface area contributed by atoms with Gasteiger partial charge >= 0.3 is 0 Å². The average Bonchev–Trinajstić information content (AvgIpc) is 3.31. The van der Waals surface area contributed by atoms with Crippen LogP contribution in [0.5, 0.6) is 0 Å². The maximum Gasteiger partial charge on any atom is 0.223 e. The summed E-state index contributed by atoms with van der Waals surface area (Å²) in [4.78, 5) is 18.5. The molecular weight excluding hydrogens is 332 g/mol. The lowest BCUT2D eigenvalue weighted by Gasteiger charge is -2.32. The SMILES string of the molecule is N#Cc1cc(Br)cnc1N1CCC(C(=O)NC2CC2)CC1. The van der Waals surface area contributed by atoms with Crippen molar-refractivity contribution in [3.05, 3.63) is 22.3 Å². The zero-order chi connectivity index (χ0) is 14.8. The van der Waals surface area contributed by atoms with Crippen LogP contribution in [-0.4, -0.2) is 30.0 Å². The Kier molecular flexibility index (Phi) is 4.11. The van der Waals surface area contributed by atoms with Crippen LogP contribution in [0.4, 0.5) is 5.82 Å². The number of nitrogens with one attached hydrogen (secondary N) is 1. The largest absolute Gasteiger partial charge is 0.355 e. The fraction of sp³-hybridized carbons (Fsp3) is 0.533. The second-order valence-electron chi connectivity index (χ2n) is 5.68. The minimum Gasteiger partial charge on any atom is -0.355 e. The van der Waals surface area contributed by atoms with Crippen LogP contribution >= 0.6 is 15.9 Å². The molecule has 5 nitrogen and oxygen atoms in total. The van der Waals surface area contributed by atoms with E-state index >= 15 is 0 Å². The molecule has 1 amide bonds. The van der Waals surface area contributed by atoms with Crippen LogP contribution in [0.1, 0.15) is 31.2 Å². The highest BCUT2D eigenvalue weighted by molar-refractivity contribution is 9.10. The van der Waals surface area contributed by atoms with Crippen molar-refractivity contribution in [2.45, 2.75) is 31.7 Å². The van der Waals surface area contributed by atoms with Crippen molar-refractivity contribution >= 4 is 27.7 Å². The third-order valence-corrected chi connectivity index (χ3v) is 4.48. The van der Waals surface area contributed by atoms with Gasteiger partial charge in [0, 0.05) is 35.7 Å². The van der Waals surface area contributed by atoms with Crippen molar-refractivity contribution in [3.8, 4) is 6.07 Å². The number of rotatable bonds is 3. The molecule has 2 aliphatic rings. The monoisotopic (exact) mass is 348 g/mol. The van der Waals surface area contributed by atoms with Gasteiger partial charge in [-0.15, -0.1) is 0 Å². The molecule has 0 bridgehead atoms. The van der Waals surface area contributed by atoms with Gasteiger partial charge in [-0.2, -0.15) is 5.26 Å². The Morgan fingerprint density at radius 3 is 2.71 bits per heavy atom. The number of anilines is 1. The summed E-state index contributed by atoms with van der Waals surface area (Å²) in [6.07, 6.45) is 5.60. The van der Waals surface area contributed by atoms with E-state index < -0.39 is 0 Å². The summed E-state index contributed by atoms with van der Waals surface area (Å²) in [5.74, 6) is 1.02. The molecule has 0 spiro atoms. The van der Waals surface area contributed by atoms with E-state index in [-0.39, 0.29) is 11.8 Å². The average molecular weight is 349 g/mol. The third-order valence-electron chi connectivity index (χ3n) is 4.04. The number of hydrogen-bond donors (Lipinski definition) is 1. The van der Waals surface area contributed by atoms with E-state index in [0.29, 0.717) is 11.6 Å². The molecule has 1 aliphatic heterocycles. The van der Waals surface area contributed by atoms with Gasteiger partial charge in [0.25, 0.3) is 0 Å². The summed E-state index contributed by atoms with van der Waals surface area (Å²) in [7, 11) is 0. The quantitative estimate of drug-likeness (QED) is 0.909. The Morgan fingerprint density at radius 1 is 1.38 bits per heavy atom. The maximum atomic E-state index is 12.1. The lowest BCUT2D eigenvalue weighted by atomic mass is 9.95. The van der Waals surface area contributed by atoms with Crippen molar-refractivity contribution in [2.75, 3.05) is 18.0 Å². The molecule has 1 aromatic rings. The molecule has 0 atom stereocenters. The molecule has 3 rings (SSSR count). The van der Waals surface area contributed by atoms with Crippen molar-refractivity contribution in [1.82, 2.24) is 10.3 Å². The minimum absolute atomic E-state index is 0.0998. The molecular formula is C15H17BrN4O. The number of carbonyl (C=O) groups is 1. The third kappa shape index (κ3) is 3.35. The summed E-state index contributed by atoms with van der Waals surface area (Å²) in [5.41, 5.74) is 0.574. The first kappa shape index (κ1) is 14.3. The lowest BCUT2D eigenvalue weighted by Crippen LogP contribution is -2.41. The molecule has 1 aliphatic carbocycles. The summed E-state index contributed by atoms with van der Waals surface area (Å²) < 4.78 is 0.807. The molecule has 0 unspecified atom stereocenters. The van der Waals surface area contributed by atoms with Crippen molar-refractivity contribution in [3.63, 3.8) is 0 Å². The van der Waals surface area contributed by atoms with Crippen molar-refractivity contribution in [2.24, 2.45) is 5.92 Å². The molecule has 2 heterocycles. The molecule has 1 N–H and O–H groups in total. The number of nitriles is 1. The smallest absolute Gasteiger partial charge is 0.223 e. The first-order chi connectivity index (χ1) is 10.2. The van der Waals surface area contributed by atoms with Crippen LogP contribution in [0.15, 0.2) is 16.7 Å². The molecule has 1 saturated carbocycles. The van der Waals surface area contributed by atoms with Crippen molar-refractivity contribution in [1.29, 1.82) is 5.26 Å². The first-order valence-corrected chi connectivity index (χ1v) is 8.07. The van der Waals surface area contributed by atoms with E-state index in [0.717, 1.165) is 49.1 Å². The highest BCUT2D eigenvalue weighted by Gasteiger charge is 2.30. The van der Waals surface area contributed by atoms with E-state index in [4.69, 9.17) is 0 Å². The van der Waals surface area contributed by atoms with E-state index in [9.17, 15) is 10.1 Å². The van der Waals surface area contributed by atoms with Crippen LogP contribution in [0.2, 0.25) is 0 Å². The van der Waals surface area contributed by atoms with Gasteiger partial charge in [-0.25, -0.2) is 4.98 Å². The number of carbonyl (C=O) groups excluding carboxylic acids is 1. The van der Waals surface area contributed by atoms with Gasteiger partial charge in [0.2, 0.25) is 5.91 Å². The molecule has 110 valence electrons. The number of aromatic nitrogens is 1. The molecule has 6 heteroatoms. The molecule has 1 aromatic heterocycles. The fourth-order valence-electron chi connectivity index (χ4n) is 2.67. The number of halogens is 1.